The van der Waals surface area contributed by atoms with Gasteiger partial charge in [-0.3, -0.25) is 19.7 Å². The van der Waals surface area contributed by atoms with E-state index in [2.05, 4.69) is 5.32 Å². The number of nitro groups is 1. The summed E-state index contributed by atoms with van der Waals surface area (Å²) < 4.78 is 4.91. The van der Waals surface area contributed by atoms with Crippen LogP contribution in [-0.4, -0.2) is 34.7 Å². The molecule has 2 aromatic rings. The fraction of sp³-hybridized carbons (Fsp3) is 0.333. The van der Waals surface area contributed by atoms with Gasteiger partial charge in [0.25, 0.3) is 5.91 Å². The molecule has 1 saturated heterocycles. The third kappa shape index (κ3) is 3.30. The van der Waals surface area contributed by atoms with Crippen LogP contribution in [-0.2, 0) is 4.79 Å². The van der Waals surface area contributed by atoms with Gasteiger partial charge in [0.15, 0.2) is 5.76 Å². The number of hydrogen-bond donors (Lipinski definition) is 1. The SMILES string of the molecule is Cc1cc(C)c(NC(=O)C2CN(C(=O)c3ccc([N+](=O)[O-])o3)C2)c(C)c1. The average Bonchev–Trinajstić information content (AvgIpc) is 2.99. The standard InChI is InChI=1S/C18H19N3O5/c1-10-6-11(2)16(12(3)7-10)19-17(22)13-8-20(9-13)18(23)14-4-5-15(26-14)21(24)25/h4-7,13H,8-9H2,1-3H3,(H,19,22). The quantitative estimate of drug-likeness (QED) is 0.669. The van der Waals surface area contributed by atoms with Crippen molar-refractivity contribution >= 4 is 23.4 Å². The van der Waals surface area contributed by atoms with Crippen molar-refractivity contribution in [3.63, 3.8) is 0 Å². The molecule has 1 aromatic carbocycles. The zero-order chi connectivity index (χ0) is 19.0. The minimum absolute atomic E-state index is 0.0965. The van der Waals surface area contributed by atoms with E-state index in [0.717, 1.165) is 28.4 Å². The van der Waals surface area contributed by atoms with Crippen LogP contribution in [0.4, 0.5) is 11.6 Å². The van der Waals surface area contributed by atoms with Crippen LogP contribution in [0, 0.1) is 36.8 Å². The van der Waals surface area contributed by atoms with Crippen molar-refractivity contribution in [3.8, 4) is 0 Å². The molecule has 1 fully saturated rings. The first-order chi connectivity index (χ1) is 12.3. The van der Waals surface area contributed by atoms with Crippen LogP contribution in [0.3, 0.4) is 0 Å². The van der Waals surface area contributed by atoms with E-state index in [1.54, 1.807) is 0 Å². The molecule has 1 N–H and O–H groups in total. The number of aryl methyl sites for hydroxylation is 3. The molecule has 0 spiro atoms. The third-order valence-corrected chi connectivity index (χ3v) is 4.45. The minimum atomic E-state index is -0.699. The maximum atomic E-state index is 12.4. The van der Waals surface area contributed by atoms with Crippen molar-refractivity contribution in [2.45, 2.75) is 20.8 Å². The van der Waals surface area contributed by atoms with E-state index in [1.807, 2.05) is 32.9 Å². The molecule has 0 saturated carbocycles. The minimum Gasteiger partial charge on any atom is -0.395 e. The van der Waals surface area contributed by atoms with Crippen molar-refractivity contribution in [3.05, 3.63) is 56.8 Å². The molecule has 8 nitrogen and oxygen atoms in total. The molecule has 2 heterocycles. The van der Waals surface area contributed by atoms with E-state index >= 15 is 0 Å². The Morgan fingerprint density at radius 1 is 1.19 bits per heavy atom. The van der Waals surface area contributed by atoms with E-state index in [4.69, 9.17) is 4.42 Å². The lowest BCUT2D eigenvalue weighted by molar-refractivity contribution is -0.402. The number of rotatable bonds is 4. The van der Waals surface area contributed by atoms with Gasteiger partial charge in [-0.25, -0.2) is 0 Å². The van der Waals surface area contributed by atoms with E-state index in [9.17, 15) is 19.7 Å². The second-order valence-corrected chi connectivity index (χ2v) is 6.57. The first-order valence-electron chi connectivity index (χ1n) is 8.18. The highest BCUT2D eigenvalue weighted by Gasteiger charge is 2.37. The van der Waals surface area contributed by atoms with Gasteiger partial charge in [0.1, 0.15) is 4.92 Å². The summed E-state index contributed by atoms with van der Waals surface area (Å²) in [5.41, 5.74) is 3.91. The topological polar surface area (TPSA) is 106 Å². The van der Waals surface area contributed by atoms with Crippen molar-refractivity contribution in [1.29, 1.82) is 0 Å². The fourth-order valence-electron chi connectivity index (χ4n) is 3.11. The molecule has 2 amide bonds. The van der Waals surface area contributed by atoms with Crippen molar-refractivity contribution in [2.75, 3.05) is 18.4 Å². The summed E-state index contributed by atoms with van der Waals surface area (Å²) >= 11 is 0. The van der Waals surface area contributed by atoms with Crippen molar-refractivity contribution < 1.29 is 18.9 Å². The Kier molecular flexibility index (Phi) is 4.50. The van der Waals surface area contributed by atoms with Crippen molar-refractivity contribution in [2.24, 2.45) is 5.92 Å². The Morgan fingerprint density at radius 3 is 2.35 bits per heavy atom. The van der Waals surface area contributed by atoms with Gasteiger partial charge in [-0.1, -0.05) is 17.7 Å². The van der Waals surface area contributed by atoms with Gasteiger partial charge in [-0.05, 0) is 38.0 Å². The lowest BCUT2D eigenvalue weighted by Crippen LogP contribution is -2.54. The summed E-state index contributed by atoms with van der Waals surface area (Å²) in [6, 6.07) is 6.42. The number of amides is 2. The number of carbonyl (C=O) groups is 2. The summed E-state index contributed by atoms with van der Waals surface area (Å²) in [7, 11) is 0. The number of carbonyl (C=O) groups excluding carboxylic acids is 2. The van der Waals surface area contributed by atoms with Crippen LogP contribution in [0.15, 0.2) is 28.7 Å². The van der Waals surface area contributed by atoms with Crippen LogP contribution in [0.2, 0.25) is 0 Å². The van der Waals surface area contributed by atoms with Gasteiger partial charge in [0, 0.05) is 18.8 Å². The summed E-state index contributed by atoms with van der Waals surface area (Å²) in [6.45, 7) is 6.39. The van der Waals surface area contributed by atoms with E-state index in [-0.39, 0.29) is 30.7 Å². The van der Waals surface area contributed by atoms with Gasteiger partial charge in [-0.15, -0.1) is 0 Å². The van der Waals surface area contributed by atoms with Crippen LogP contribution in [0.1, 0.15) is 27.2 Å². The normalized spacial score (nSPS) is 14.0. The third-order valence-electron chi connectivity index (χ3n) is 4.45. The van der Waals surface area contributed by atoms with Crippen molar-refractivity contribution in [1.82, 2.24) is 4.90 Å². The number of anilines is 1. The number of likely N-dealkylation sites (tertiary alicyclic amines) is 1. The van der Waals surface area contributed by atoms with Gasteiger partial charge < -0.3 is 14.6 Å². The lowest BCUT2D eigenvalue weighted by atomic mass is 9.97. The van der Waals surface area contributed by atoms with E-state index < -0.39 is 16.7 Å². The molecule has 1 aliphatic heterocycles. The molecule has 1 aromatic heterocycles. The summed E-state index contributed by atoms with van der Waals surface area (Å²) in [6.07, 6.45) is 0. The summed E-state index contributed by atoms with van der Waals surface area (Å²) in [4.78, 5) is 36.0. The van der Waals surface area contributed by atoms with E-state index in [0.29, 0.717) is 0 Å². The molecule has 0 bridgehead atoms. The predicted octanol–water partition coefficient (Wildman–Crippen LogP) is 2.82. The highest BCUT2D eigenvalue weighted by atomic mass is 16.6. The molecule has 1 aliphatic rings. The zero-order valence-electron chi connectivity index (χ0n) is 14.7. The first-order valence-corrected chi connectivity index (χ1v) is 8.18. The molecule has 8 heteroatoms. The molecular weight excluding hydrogens is 338 g/mol. The molecule has 136 valence electrons. The summed E-state index contributed by atoms with van der Waals surface area (Å²) in [5.74, 6) is -1.49. The maximum Gasteiger partial charge on any atom is 0.433 e. The van der Waals surface area contributed by atoms with Crippen LogP contribution < -0.4 is 5.32 Å². The van der Waals surface area contributed by atoms with Gasteiger partial charge in [0.2, 0.25) is 5.91 Å². The smallest absolute Gasteiger partial charge is 0.395 e. The monoisotopic (exact) mass is 357 g/mol. The predicted molar refractivity (Wildman–Crippen MR) is 94.0 cm³/mol. The molecule has 0 unspecified atom stereocenters. The molecule has 0 atom stereocenters. The lowest BCUT2D eigenvalue weighted by Gasteiger charge is -2.37. The van der Waals surface area contributed by atoms with Crippen LogP contribution >= 0.6 is 0 Å². The second kappa shape index (κ2) is 6.62. The van der Waals surface area contributed by atoms with Gasteiger partial charge in [-0.2, -0.15) is 0 Å². The Morgan fingerprint density at radius 2 is 1.81 bits per heavy atom. The Hall–Kier alpha value is -3.16. The molecule has 0 radical (unpaired) electrons. The Bertz CT molecular complexity index is 873. The number of hydrogen-bond acceptors (Lipinski definition) is 5. The zero-order valence-corrected chi connectivity index (χ0v) is 14.7. The van der Waals surface area contributed by atoms with Gasteiger partial charge in [0.05, 0.1) is 12.0 Å². The maximum absolute atomic E-state index is 12.4. The summed E-state index contributed by atoms with van der Waals surface area (Å²) in [5, 5.41) is 13.6. The highest BCUT2D eigenvalue weighted by molar-refractivity contribution is 5.98. The van der Waals surface area contributed by atoms with Crippen LogP contribution in [0.5, 0.6) is 0 Å². The second-order valence-electron chi connectivity index (χ2n) is 6.57. The van der Waals surface area contributed by atoms with Gasteiger partial charge >= 0.3 is 5.88 Å². The molecule has 0 aliphatic carbocycles. The molecule has 3 rings (SSSR count). The Labute approximate surface area is 149 Å². The number of benzene rings is 1. The van der Waals surface area contributed by atoms with Crippen LogP contribution in [0.25, 0.3) is 0 Å². The Balaban J connectivity index is 1.60. The average molecular weight is 357 g/mol. The first kappa shape index (κ1) is 17.7. The molecular formula is C18H19N3O5. The highest BCUT2D eigenvalue weighted by Crippen LogP contribution is 2.26. The number of furan rings is 1. The number of nitrogens with one attached hydrogen (secondary N) is 1. The molecule has 26 heavy (non-hydrogen) atoms. The largest absolute Gasteiger partial charge is 0.433 e. The fourth-order valence-corrected chi connectivity index (χ4v) is 3.11. The van der Waals surface area contributed by atoms with E-state index in [1.165, 1.54) is 11.0 Å². The number of nitrogens with zero attached hydrogens (tertiary/aromatic N) is 2.